The van der Waals surface area contributed by atoms with Gasteiger partial charge in [-0.15, -0.1) is 0 Å². The van der Waals surface area contributed by atoms with Crippen molar-refractivity contribution < 1.29 is 0 Å². The van der Waals surface area contributed by atoms with Gasteiger partial charge in [0, 0.05) is 5.39 Å². The molecule has 0 radical (unpaired) electrons. The van der Waals surface area contributed by atoms with Gasteiger partial charge < -0.3 is 0 Å². The van der Waals surface area contributed by atoms with Gasteiger partial charge in [-0.05, 0) is 18.6 Å². The number of aromatic nitrogens is 5. The van der Waals surface area contributed by atoms with Crippen molar-refractivity contribution in [2.75, 3.05) is 0 Å². The smallest absolute Gasteiger partial charge is 0.177 e. The van der Waals surface area contributed by atoms with Crippen LogP contribution in [0, 0.1) is 63.6 Å². The number of benzene rings is 1. The average Bonchev–Trinajstić information content (AvgIpc) is 2.76. The maximum atomic E-state index is 9.35. The molecule has 3 aromatic heterocycles. The topological polar surface area (TPSA) is 183 Å². The fraction of sp³-hybridized carbons (Fsp3) is 0.0526. The summed E-state index contributed by atoms with van der Waals surface area (Å²) < 4.78 is 0. The Morgan fingerprint density at radius 1 is 0.517 bits per heavy atom. The minimum Gasteiger partial charge on any atom is -0.234 e. The maximum absolute atomic E-state index is 9.35. The Labute approximate surface area is 162 Å². The highest BCUT2D eigenvalue weighted by molar-refractivity contribution is 6.19. The Balaban J connectivity index is 2.41. The Hall–Kier alpha value is -5.24. The van der Waals surface area contributed by atoms with Gasteiger partial charge in [-0.25, -0.2) is 24.9 Å². The van der Waals surface area contributed by atoms with E-state index in [0.29, 0.717) is 10.9 Å². The Morgan fingerprint density at radius 2 is 0.828 bits per heavy atom. The van der Waals surface area contributed by atoms with E-state index in [1.807, 2.05) is 24.3 Å². The summed E-state index contributed by atoms with van der Waals surface area (Å²) in [5.74, 6) is 0. The Morgan fingerprint density at radius 3 is 1.21 bits per heavy atom. The summed E-state index contributed by atoms with van der Waals surface area (Å²) in [6.45, 7) is 1.69. The van der Waals surface area contributed by atoms with Crippen molar-refractivity contribution in [1.82, 2.24) is 24.9 Å². The SMILES string of the molecule is Cc1cc2c(nc1C#N)c1nc(C#N)c(C#N)nc1c1nc(C#N)c(C#N)nc21. The van der Waals surface area contributed by atoms with E-state index >= 15 is 0 Å². The molecule has 0 aliphatic carbocycles. The van der Waals surface area contributed by atoms with Crippen LogP contribution >= 0.6 is 0 Å². The third-order valence-corrected chi connectivity index (χ3v) is 4.24. The van der Waals surface area contributed by atoms with Gasteiger partial charge in [-0.1, -0.05) is 0 Å². The molecule has 1 aromatic carbocycles. The Bertz CT molecular complexity index is 1560. The fourth-order valence-corrected chi connectivity index (χ4v) is 2.95. The highest BCUT2D eigenvalue weighted by Crippen LogP contribution is 2.32. The second kappa shape index (κ2) is 6.18. The van der Waals surface area contributed by atoms with Crippen LogP contribution in [0.5, 0.6) is 0 Å². The highest BCUT2D eigenvalue weighted by Gasteiger charge is 2.21. The van der Waals surface area contributed by atoms with E-state index in [-0.39, 0.29) is 56.1 Å². The molecule has 130 valence electrons. The van der Waals surface area contributed by atoms with Crippen LogP contribution in [0.25, 0.3) is 33.0 Å². The molecule has 0 fully saturated rings. The molecule has 4 aromatic rings. The van der Waals surface area contributed by atoms with Crippen LogP contribution in [0.1, 0.15) is 34.0 Å². The van der Waals surface area contributed by atoms with E-state index in [1.165, 1.54) is 0 Å². The van der Waals surface area contributed by atoms with Crippen LogP contribution in [-0.2, 0) is 0 Å². The molecule has 0 amide bonds. The molecule has 0 saturated heterocycles. The number of nitriles is 5. The van der Waals surface area contributed by atoms with Crippen LogP contribution in [0.2, 0.25) is 0 Å². The number of nitrogens with zero attached hydrogens (tertiary/aromatic N) is 10. The van der Waals surface area contributed by atoms with E-state index in [4.69, 9.17) is 0 Å². The average molecular weight is 372 g/mol. The fourth-order valence-electron chi connectivity index (χ4n) is 2.95. The summed E-state index contributed by atoms with van der Waals surface area (Å²) >= 11 is 0. The summed E-state index contributed by atoms with van der Waals surface area (Å²) in [5.41, 5.74) is 0.728. The number of hydrogen-bond donors (Lipinski definition) is 0. The largest absolute Gasteiger partial charge is 0.234 e. The number of fused-ring (bicyclic) bond motifs is 6. The van der Waals surface area contributed by atoms with Gasteiger partial charge >= 0.3 is 0 Å². The number of pyridine rings is 1. The first kappa shape index (κ1) is 17.2. The van der Waals surface area contributed by atoms with Gasteiger partial charge in [-0.2, -0.15) is 26.3 Å². The zero-order valence-corrected chi connectivity index (χ0v) is 14.5. The molecule has 4 rings (SSSR count). The zero-order chi connectivity index (χ0) is 20.7. The second-order valence-electron chi connectivity index (χ2n) is 5.85. The molecule has 3 heterocycles. The lowest BCUT2D eigenvalue weighted by Crippen LogP contribution is -2.03. The highest BCUT2D eigenvalue weighted by atomic mass is 14.9. The van der Waals surface area contributed by atoms with Crippen molar-refractivity contribution in [3.63, 3.8) is 0 Å². The predicted molar refractivity (Wildman–Crippen MR) is 96.2 cm³/mol. The number of hydrogen-bond acceptors (Lipinski definition) is 10. The van der Waals surface area contributed by atoms with Crippen LogP contribution in [0.15, 0.2) is 6.07 Å². The van der Waals surface area contributed by atoms with Crippen LogP contribution < -0.4 is 0 Å². The first-order chi connectivity index (χ1) is 14.1. The molecule has 0 saturated carbocycles. The predicted octanol–water partition coefficient (Wildman–Crippen LogP) is 1.79. The third kappa shape index (κ3) is 2.34. The lowest BCUT2D eigenvalue weighted by molar-refractivity contribution is 1.17. The van der Waals surface area contributed by atoms with Crippen molar-refractivity contribution in [2.24, 2.45) is 0 Å². The normalized spacial score (nSPS) is 10.1. The molecular weight excluding hydrogens is 368 g/mol. The first-order valence-electron chi connectivity index (χ1n) is 7.93. The molecule has 0 unspecified atom stereocenters. The van der Waals surface area contributed by atoms with Crippen LogP contribution in [0.3, 0.4) is 0 Å². The third-order valence-electron chi connectivity index (χ3n) is 4.24. The van der Waals surface area contributed by atoms with E-state index in [0.717, 1.165) is 0 Å². The van der Waals surface area contributed by atoms with Gasteiger partial charge in [-0.3, -0.25) is 0 Å². The van der Waals surface area contributed by atoms with Gasteiger partial charge in [0.1, 0.15) is 63.6 Å². The minimum absolute atomic E-state index is 0.0942. The van der Waals surface area contributed by atoms with E-state index < -0.39 is 0 Å². The van der Waals surface area contributed by atoms with E-state index in [1.54, 1.807) is 19.1 Å². The molecule has 0 N–H and O–H groups in total. The molecule has 29 heavy (non-hydrogen) atoms. The van der Waals surface area contributed by atoms with Gasteiger partial charge in [0.15, 0.2) is 22.8 Å². The molecule has 0 spiro atoms. The lowest BCUT2D eigenvalue weighted by Gasteiger charge is -2.10. The summed E-state index contributed by atoms with van der Waals surface area (Å²) in [4.78, 5) is 21.2. The van der Waals surface area contributed by atoms with Crippen LogP contribution in [-0.4, -0.2) is 24.9 Å². The van der Waals surface area contributed by atoms with Gasteiger partial charge in [0.2, 0.25) is 0 Å². The van der Waals surface area contributed by atoms with Crippen molar-refractivity contribution in [3.8, 4) is 30.3 Å². The molecule has 0 atom stereocenters. The Kier molecular flexibility index (Phi) is 3.66. The van der Waals surface area contributed by atoms with Crippen LogP contribution in [0.4, 0.5) is 0 Å². The van der Waals surface area contributed by atoms with E-state index in [2.05, 4.69) is 24.9 Å². The summed E-state index contributed by atoms with van der Waals surface area (Å²) in [7, 11) is 0. The second-order valence-corrected chi connectivity index (χ2v) is 5.85. The summed E-state index contributed by atoms with van der Waals surface area (Å²) in [5, 5.41) is 47.0. The molecular formula is C19H4N10. The summed E-state index contributed by atoms with van der Waals surface area (Å²) in [6.07, 6.45) is 0. The van der Waals surface area contributed by atoms with Crippen molar-refractivity contribution in [2.45, 2.75) is 6.92 Å². The number of rotatable bonds is 0. The van der Waals surface area contributed by atoms with Crippen molar-refractivity contribution in [1.29, 1.82) is 26.3 Å². The molecule has 10 heteroatoms. The molecule has 0 aliphatic heterocycles. The van der Waals surface area contributed by atoms with Gasteiger partial charge in [0.25, 0.3) is 0 Å². The van der Waals surface area contributed by atoms with E-state index in [9.17, 15) is 26.3 Å². The molecule has 0 aliphatic rings. The number of aryl methyl sites for hydroxylation is 1. The first-order valence-corrected chi connectivity index (χ1v) is 7.93. The van der Waals surface area contributed by atoms with Crippen molar-refractivity contribution in [3.05, 3.63) is 40.1 Å². The maximum Gasteiger partial charge on any atom is 0.177 e. The van der Waals surface area contributed by atoms with Crippen molar-refractivity contribution >= 4 is 33.0 Å². The quantitative estimate of drug-likeness (QED) is 0.412. The lowest BCUT2D eigenvalue weighted by atomic mass is 10.1. The molecule has 0 bridgehead atoms. The molecule has 10 nitrogen and oxygen atoms in total. The van der Waals surface area contributed by atoms with Gasteiger partial charge in [0.05, 0.1) is 0 Å². The summed E-state index contributed by atoms with van der Waals surface area (Å²) in [6, 6.07) is 10.9. The zero-order valence-electron chi connectivity index (χ0n) is 14.5. The monoisotopic (exact) mass is 372 g/mol. The standard InChI is InChI=1S/C19H4N10/c1-8-2-9-15(25-10(8)3-20)17-19(29-14(7-24)13(6-23)28-17)18-16(9)26-11(4-21)12(5-22)27-18/h2H,1H3. The minimum atomic E-state index is -0.224.